The number of terminal acetylenes is 1. The highest BCUT2D eigenvalue weighted by Crippen LogP contribution is 2.14. The molecule has 53 heavy (non-hydrogen) atoms. The summed E-state index contributed by atoms with van der Waals surface area (Å²) in [7, 11) is 1.74. The molecule has 2 amide bonds. The number of amides is 2. The fourth-order valence-electron chi connectivity index (χ4n) is 3.92. The minimum atomic E-state index is -0.689. The molecule has 0 unspecified atom stereocenters. The summed E-state index contributed by atoms with van der Waals surface area (Å²) in [5.41, 5.74) is -0.129. The first-order valence-corrected chi connectivity index (χ1v) is 17.0. The van der Waals surface area contributed by atoms with E-state index in [-0.39, 0.29) is 43.8 Å². The molecular weight excluding hydrogens is 797 g/mol. The second-order valence-corrected chi connectivity index (χ2v) is 11.3. The van der Waals surface area contributed by atoms with E-state index in [1.807, 2.05) is 22.6 Å². The van der Waals surface area contributed by atoms with E-state index >= 15 is 0 Å². The van der Waals surface area contributed by atoms with Crippen molar-refractivity contribution in [2.24, 2.45) is 0 Å². The Morgan fingerprint density at radius 3 is 1.66 bits per heavy atom. The molecule has 2 aromatic carbocycles. The van der Waals surface area contributed by atoms with E-state index in [9.17, 15) is 28.8 Å². The number of hydrogen-bond acceptors (Lipinski definition) is 11. The van der Waals surface area contributed by atoms with E-state index in [0.717, 1.165) is 9.13 Å². The monoisotopic (exact) mass is 835 g/mol. The number of benzene rings is 2. The van der Waals surface area contributed by atoms with Gasteiger partial charge in [-0.3, -0.25) is 28.3 Å². The third kappa shape index (κ3) is 15.0. The van der Waals surface area contributed by atoms with Gasteiger partial charge in [-0.05, 0) is 74.7 Å². The molecule has 4 rings (SSSR count). The summed E-state index contributed by atoms with van der Waals surface area (Å²) in [6.07, 6.45) is 7.43. The lowest BCUT2D eigenvalue weighted by molar-refractivity contribution is -0.144. The van der Waals surface area contributed by atoms with Gasteiger partial charge in [0.25, 0.3) is 11.8 Å². The third-order valence-corrected chi connectivity index (χ3v) is 6.96. The lowest BCUT2D eigenvalue weighted by Crippen LogP contribution is -2.29. The van der Waals surface area contributed by atoms with Gasteiger partial charge in [-0.2, -0.15) is 9.97 Å². The summed E-state index contributed by atoms with van der Waals surface area (Å²) in [5.74, 6) is 6.28. The predicted octanol–water partition coefficient (Wildman–Crippen LogP) is 2.93. The zero-order valence-electron chi connectivity index (χ0n) is 29.5. The molecule has 2 heterocycles. The summed E-state index contributed by atoms with van der Waals surface area (Å²) >= 11 is 1.93. The molecule has 16 heteroatoms. The highest BCUT2D eigenvalue weighted by atomic mass is 127. The zero-order chi connectivity index (χ0) is 39.2. The average Bonchev–Trinajstić information content (AvgIpc) is 3.13. The lowest BCUT2D eigenvalue weighted by atomic mass is 10.2. The summed E-state index contributed by atoms with van der Waals surface area (Å²) in [4.78, 5) is 79.4. The molecule has 0 aliphatic rings. The van der Waals surface area contributed by atoms with Crippen molar-refractivity contribution in [1.29, 1.82) is 0 Å². The van der Waals surface area contributed by atoms with Crippen LogP contribution in [0.5, 0.6) is 0 Å². The number of rotatable bonds is 11. The van der Waals surface area contributed by atoms with E-state index < -0.39 is 29.2 Å². The average molecular weight is 836 g/mol. The number of nitrogens with one attached hydrogen (secondary N) is 3. The summed E-state index contributed by atoms with van der Waals surface area (Å²) < 4.78 is 12.4. The second-order valence-electron chi connectivity index (χ2n) is 10.1. The SMILES string of the molecule is C#CC.CCOC(=O)Cn1cc(C#CCNC)c(NC(=O)c2ccccc2)nc1=O.CCOC(=O)Cn1cc(I)c(NC(=O)c2ccccc2)nc1=O. The van der Waals surface area contributed by atoms with Gasteiger partial charge < -0.3 is 25.4 Å². The van der Waals surface area contributed by atoms with Crippen LogP contribution < -0.4 is 27.3 Å². The van der Waals surface area contributed by atoms with Crippen LogP contribution >= 0.6 is 22.6 Å². The van der Waals surface area contributed by atoms with Crippen molar-refractivity contribution in [3.63, 3.8) is 0 Å². The standard InChI is InChI=1S/C19H20N4O4.C15H14IN3O4.C3H4/c1-3-27-16(24)13-23-12-15(10-7-11-20-2)17(22-19(23)26)21-18(25)14-8-5-4-6-9-14;1-2-23-12(20)9-19-8-11(16)13(18-15(19)22)17-14(21)10-6-4-3-5-7-10;1-3-2/h4-6,8-9,12,20H,3,11,13H2,1-2H3,(H,21,22,25,26);3-8H,2,9H2,1H3,(H,17,18,21,22);1H,2H3. The first-order chi connectivity index (χ1) is 25.5. The number of carbonyl (C=O) groups is 4. The van der Waals surface area contributed by atoms with E-state index in [1.165, 1.54) is 12.4 Å². The van der Waals surface area contributed by atoms with Crippen molar-refractivity contribution < 1.29 is 28.7 Å². The summed E-state index contributed by atoms with van der Waals surface area (Å²) in [5, 5.41) is 8.06. The molecule has 0 radical (unpaired) electrons. The van der Waals surface area contributed by atoms with Gasteiger partial charge in [0.15, 0.2) is 11.6 Å². The molecule has 2 aromatic heterocycles. The largest absolute Gasteiger partial charge is 0.465 e. The molecule has 0 spiro atoms. The van der Waals surface area contributed by atoms with Crippen LogP contribution in [-0.2, 0) is 32.2 Å². The molecule has 0 bridgehead atoms. The van der Waals surface area contributed by atoms with Gasteiger partial charge in [-0.25, -0.2) is 9.59 Å². The lowest BCUT2D eigenvalue weighted by Gasteiger charge is -2.10. The van der Waals surface area contributed by atoms with Crippen LogP contribution in [0.1, 0.15) is 47.1 Å². The van der Waals surface area contributed by atoms with Crippen LogP contribution in [0, 0.1) is 27.8 Å². The first-order valence-electron chi connectivity index (χ1n) is 15.9. The molecule has 0 aliphatic heterocycles. The van der Waals surface area contributed by atoms with Crippen LogP contribution in [0.4, 0.5) is 11.6 Å². The van der Waals surface area contributed by atoms with Crippen molar-refractivity contribution in [2.75, 3.05) is 37.4 Å². The van der Waals surface area contributed by atoms with E-state index in [0.29, 0.717) is 26.8 Å². The zero-order valence-corrected chi connectivity index (χ0v) is 31.6. The predicted molar refractivity (Wildman–Crippen MR) is 207 cm³/mol. The second kappa shape index (κ2) is 23.4. The number of aromatic nitrogens is 4. The molecule has 0 saturated heterocycles. The van der Waals surface area contributed by atoms with E-state index in [2.05, 4.69) is 50.1 Å². The Kier molecular flexibility index (Phi) is 19.0. The van der Waals surface area contributed by atoms with Crippen LogP contribution in [0.15, 0.2) is 82.6 Å². The van der Waals surface area contributed by atoms with E-state index in [4.69, 9.17) is 9.47 Å². The van der Waals surface area contributed by atoms with Crippen molar-refractivity contribution in [2.45, 2.75) is 33.9 Å². The minimum absolute atomic E-state index is 0.0394. The first kappa shape index (κ1) is 43.1. The summed E-state index contributed by atoms with van der Waals surface area (Å²) in [6, 6.07) is 17.1. The maximum atomic E-state index is 12.4. The molecule has 15 nitrogen and oxygen atoms in total. The number of anilines is 2. The van der Waals surface area contributed by atoms with Crippen LogP contribution in [0.25, 0.3) is 0 Å². The molecule has 0 saturated carbocycles. The van der Waals surface area contributed by atoms with Crippen molar-refractivity contribution >= 4 is 58.0 Å². The van der Waals surface area contributed by atoms with Crippen LogP contribution in [0.2, 0.25) is 0 Å². The highest BCUT2D eigenvalue weighted by Gasteiger charge is 2.15. The van der Waals surface area contributed by atoms with Crippen LogP contribution in [0.3, 0.4) is 0 Å². The normalized spacial score (nSPS) is 9.58. The van der Waals surface area contributed by atoms with Gasteiger partial charge >= 0.3 is 23.3 Å². The molecular formula is C37H38IN7O8. The molecule has 4 aromatic rings. The van der Waals surface area contributed by atoms with Crippen molar-refractivity contribution in [3.8, 4) is 24.2 Å². The number of hydrogen-bond donors (Lipinski definition) is 3. The Balaban J connectivity index is 0.000000345. The number of nitrogens with zero attached hydrogens (tertiary/aromatic N) is 4. The number of halogens is 1. The molecule has 0 aliphatic carbocycles. The Bertz CT molecular complexity index is 2080. The summed E-state index contributed by atoms with van der Waals surface area (Å²) in [6.45, 7) is 5.37. The molecule has 0 fully saturated rings. The fraction of sp³-hybridized carbons (Fsp3) is 0.243. The fourth-order valence-corrected chi connectivity index (χ4v) is 4.51. The van der Waals surface area contributed by atoms with Gasteiger partial charge in [0.2, 0.25) is 0 Å². The Hall–Kier alpha value is -6.11. The maximum absolute atomic E-state index is 12.4. The third-order valence-electron chi connectivity index (χ3n) is 6.18. The quantitative estimate of drug-likeness (QED) is 0.114. The van der Waals surface area contributed by atoms with E-state index in [1.54, 1.807) is 88.5 Å². The van der Waals surface area contributed by atoms with Gasteiger partial charge in [0.1, 0.15) is 13.1 Å². The smallest absolute Gasteiger partial charge is 0.350 e. The van der Waals surface area contributed by atoms with Gasteiger partial charge in [-0.15, -0.1) is 12.3 Å². The maximum Gasteiger partial charge on any atom is 0.350 e. The Morgan fingerprint density at radius 2 is 1.21 bits per heavy atom. The van der Waals surface area contributed by atoms with Crippen molar-refractivity contribution in [1.82, 2.24) is 24.4 Å². The number of esters is 2. The molecule has 276 valence electrons. The molecule has 0 atom stereocenters. The minimum Gasteiger partial charge on any atom is -0.465 e. The van der Waals surface area contributed by atoms with Gasteiger partial charge in [0.05, 0.1) is 28.9 Å². The topological polar surface area (TPSA) is 193 Å². The van der Waals surface area contributed by atoms with Crippen LogP contribution in [-0.4, -0.2) is 69.7 Å². The van der Waals surface area contributed by atoms with Gasteiger partial charge in [-0.1, -0.05) is 48.2 Å². The molecule has 3 N–H and O–H groups in total. The Morgan fingerprint density at radius 1 is 0.774 bits per heavy atom. The van der Waals surface area contributed by atoms with Crippen molar-refractivity contribution in [3.05, 3.63) is 114 Å². The van der Waals surface area contributed by atoms with Gasteiger partial charge in [0, 0.05) is 23.5 Å². The number of ether oxygens (including phenoxy) is 2. The number of carbonyl (C=O) groups excluding carboxylic acids is 4. The highest BCUT2D eigenvalue weighted by molar-refractivity contribution is 14.1. The Labute approximate surface area is 319 Å².